The molecule has 10 aromatic rings. The summed E-state index contributed by atoms with van der Waals surface area (Å²) < 4.78 is 11.2. The number of nitrogens with zero attached hydrogens (tertiary/aromatic N) is 3. The van der Waals surface area contributed by atoms with Crippen molar-refractivity contribution >= 4 is 85.3 Å². The van der Waals surface area contributed by atoms with Crippen LogP contribution in [-0.2, 0) is 0 Å². The van der Waals surface area contributed by atoms with Crippen LogP contribution in [0.25, 0.3) is 96.4 Å². The molecule has 0 saturated heterocycles. The molecule has 45 heavy (non-hydrogen) atoms. The molecule has 0 aliphatic rings. The Morgan fingerprint density at radius 2 is 1.04 bits per heavy atom. The molecular weight excluding hydrogens is 591 g/mol. The first kappa shape index (κ1) is 25.0. The minimum Gasteiger partial charge on any atom is -0.454 e. The minimum absolute atomic E-state index is 0.732. The molecule has 5 aromatic heterocycles. The summed E-state index contributed by atoms with van der Waals surface area (Å²) in [7, 11) is 0. The average molecular weight is 612 g/mol. The molecule has 0 aliphatic heterocycles. The third kappa shape index (κ3) is 3.73. The highest BCUT2D eigenvalue weighted by molar-refractivity contribution is 7.26. The summed E-state index contributed by atoms with van der Waals surface area (Å²) in [6.07, 6.45) is 0. The zero-order chi connectivity index (χ0) is 29.5. The molecule has 4 nitrogen and oxygen atoms in total. The largest absolute Gasteiger partial charge is 0.454 e. The molecule has 0 atom stereocenters. The highest BCUT2D eigenvalue weighted by Gasteiger charge is 2.22. The Kier molecular flexibility index (Phi) is 5.29. The molecule has 0 fully saturated rings. The summed E-state index contributed by atoms with van der Waals surface area (Å²) in [5, 5.41) is 3.36. The maximum atomic E-state index is 6.54. The Hall–Kier alpha value is -5.43. The Morgan fingerprint density at radius 3 is 1.80 bits per heavy atom. The van der Waals surface area contributed by atoms with Gasteiger partial charge in [-0.05, 0) is 29.8 Å². The van der Waals surface area contributed by atoms with Crippen LogP contribution in [0.2, 0.25) is 0 Å². The van der Waals surface area contributed by atoms with E-state index in [4.69, 9.17) is 19.4 Å². The van der Waals surface area contributed by atoms with Gasteiger partial charge in [0.05, 0.1) is 26.1 Å². The molecule has 10 rings (SSSR count). The van der Waals surface area contributed by atoms with Gasteiger partial charge in [-0.3, -0.25) is 0 Å². The van der Waals surface area contributed by atoms with Gasteiger partial charge in [-0.15, -0.1) is 22.7 Å². The van der Waals surface area contributed by atoms with Gasteiger partial charge in [0, 0.05) is 42.2 Å². The first-order valence-corrected chi connectivity index (χ1v) is 16.4. The van der Waals surface area contributed by atoms with E-state index in [9.17, 15) is 0 Å². The molecule has 0 saturated carbocycles. The lowest BCUT2D eigenvalue weighted by Crippen LogP contribution is -1.93. The molecule has 0 amide bonds. The van der Waals surface area contributed by atoms with Crippen LogP contribution >= 0.6 is 22.7 Å². The van der Waals surface area contributed by atoms with Gasteiger partial charge in [0.2, 0.25) is 0 Å². The SMILES string of the molecule is c1ccc(-c2nc(-c3ccc(-c4c5oc6ccccc6c5nc5c4sc4ccccc45)cc3)c3sc4ccccc4c3n2)cc1. The maximum Gasteiger partial charge on any atom is 0.163 e. The van der Waals surface area contributed by atoms with Gasteiger partial charge in [-0.1, -0.05) is 103 Å². The third-order valence-electron chi connectivity index (χ3n) is 8.52. The normalized spacial score (nSPS) is 12.0. The molecule has 0 aliphatic carbocycles. The number of para-hydroxylation sites is 1. The number of pyridine rings is 1. The summed E-state index contributed by atoms with van der Waals surface area (Å²) >= 11 is 3.52. The lowest BCUT2D eigenvalue weighted by atomic mass is 10.0. The van der Waals surface area contributed by atoms with Crippen LogP contribution < -0.4 is 0 Å². The fourth-order valence-corrected chi connectivity index (χ4v) is 8.76. The zero-order valence-electron chi connectivity index (χ0n) is 23.7. The summed E-state index contributed by atoms with van der Waals surface area (Å²) in [5.74, 6) is 0.732. The van der Waals surface area contributed by atoms with Gasteiger partial charge in [0.25, 0.3) is 0 Å². The number of thiophene rings is 2. The molecule has 5 heterocycles. The summed E-state index contributed by atoms with van der Waals surface area (Å²) in [5.41, 5.74) is 9.76. The van der Waals surface area contributed by atoms with E-state index in [2.05, 4.69) is 91.0 Å². The van der Waals surface area contributed by atoms with E-state index in [0.29, 0.717) is 0 Å². The van der Waals surface area contributed by atoms with Crippen molar-refractivity contribution < 1.29 is 4.42 Å². The standard InChI is InChI=1S/C39H21N3OS2/c1-2-10-24(11-3-1)39-41-32(38-35(42-39)27-14-6-9-17-30(27)45-38)23-20-18-22(19-21-23)31-36-33(25-12-4-7-15-28(25)43-36)40-34-26-13-5-8-16-29(26)44-37(31)34/h1-21H. The second-order valence-electron chi connectivity index (χ2n) is 11.2. The third-order valence-corrected chi connectivity index (χ3v) is 10.9. The molecular formula is C39H21N3OS2. The van der Waals surface area contributed by atoms with E-state index in [-0.39, 0.29) is 0 Å². The van der Waals surface area contributed by atoms with E-state index in [0.717, 1.165) is 81.7 Å². The van der Waals surface area contributed by atoms with Crippen LogP contribution in [0.15, 0.2) is 132 Å². The quantitative estimate of drug-likeness (QED) is 0.199. The highest BCUT2D eigenvalue weighted by atomic mass is 32.1. The van der Waals surface area contributed by atoms with Crippen molar-refractivity contribution in [3.05, 3.63) is 127 Å². The van der Waals surface area contributed by atoms with Gasteiger partial charge >= 0.3 is 0 Å². The number of aromatic nitrogens is 3. The average Bonchev–Trinajstić information content (AvgIpc) is 3.78. The second-order valence-corrected chi connectivity index (χ2v) is 13.3. The predicted octanol–water partition coefficient (Wildman–Crippen LogP) is 11.5. The van der Waals surface area contributed by atoms with Gasteiger partial charge in [-0.25, -0.2) is 15.0 Å². The van der Waals surface area contributed by atoms with Crippen molar-refractivity contribution in [1.29, 1.82) is 0 Å². The Labute approximate surface area is 264 Å². The smallest absolute Gasteiger partial charge is 0.163 e. The lowest BCUT2D eigenvalue weighted by Gasteiger charge is -2.09. The van der Waals surface area contributed by atoms with Crippen LogP contribution in [0.4, 0.5) is 0 Å². The zero-order valence-corrected chi connectivity index (χ0v) is 25.3. The van der Waals surface area contributed by atoms with E-state index >= 15 is 0 Å². The van der Waals surface area contributed by atoms with E-state index in [1.54, 1.807) is 22.7 Å². The van der Waals surface area contributed by atoms with Crippen molar-refractivity contribution in [2.24, 2.45) is 0 Å². The Balaban J connectivity index is 1.22. The molecule has 5 aromatic carbocycles. The van der Waals surface area contributed by atoms with Crippen LogP contribution in [0.1, 0.15) is 0 Å². The van der Waals surface area contributed by atoms with Gasteiger partial charge < -0.3 is 4.42 Å². The first-order valence-electron chi connectivity index (χ1n) is 14.8. The van der Waals surface area contributed by atoms with E-state index in [1.807, 2.05) is 36.4 Å². The summed E-state index contributed by atoms with van der Waals surface area (Å²) in [4.78, 5) is 15.4. The number of fused-ring (bicyclic) bond motifs is 9. The van der Waals surface area contributed by atoms with Crippen molar-refractivity contribution in [3.63, 3.8) is 0 Å². The van der Waals surface area contributed by atoms with Crippen LogP contribution in [0.3, 0.4) is 0 Å². The predicted molar refractivity (Wildman–Crippen MR) is 189 cm³/mol. The van der Waals surface area contributed by atoms with Crippen LogP contribution in [0, 0.1) is 0 Å². The van der Waals surface area contributed by atoms with Crippen LogP contribution in [0.5, 0.6) is 0 Å². The summed E-state index contributed by atoms with van der Waals surface area (Å²) in [6, 6.07) is 44.2. The lowest BCUT2D eigenvalue weighted by molar-refractivity contribution is 0.670. The molecule has 0 bridgehead atoms. The number of hydrogen-bond acceptors (Lipinski definition) is 6. The number of hydrogen-bond donors (Lipinski definition) is 0. The number of furan rings is 1. The molecule has 6 heteroatoms. The van der Waals surface area contributed by atoms with Gasteiger partial charge in [-0.2, -0.15) is 0 Å². The van der Waals surface area contributed by atoms with Crippen molar-refractivity contribution in [2.75, 3.05) is 0 Å². The van der Waals surface area contributed by atoms with Crippen molar-refractivity contribution in [2.45, 2.75) is 0 Å². The minimum atomic E-state index is 0.732. The number of benzene rings is 5. The Morgan fingerprint density at radius 1 is 0.444 bits per heavy atom. The molecule has 0 spiro atoms. The van der Waals surface area contributed by atoms with E-state index < -0.39 is 0 Å². The molecule has 0 unspecified atom stereocenters. The fraction of sp³-hybridized carbons (Fsp3) is 0. The first-order chi connectivity index (χ1) is 22.3. The van der Waals surface area contributed by atoms with Crippen molar-refractivity contribution in [3.8, 4) is 33.8 Å². The topological polar surface area (TPSA) is 51.8 Å². The summed E-state index contributed by atoms with van der Waals surface area (Å²) in [6.45, 7) is 0. The highest BCUT2D eigenvalue weighted by Crippen LogP contribution is 2.46. The molecule has 0 radical (unpaired) electrons. The second kappa shape index (κ2) is 9.53. The monoisotopic (exact) mass is 611 g/mol. The molecule has 210 valence electrons. The number of rotatable bonds is 3. The fourth-order valence-electron chi connectivity index (χ4n) is 6.40. The van der Waals surface area contributed by atoms with Crippen LogP contribution in [-0.4, -0.2) is 15.0 Å². The van der Waals surface area contributed by atoms with Gasteiger partial charge in [0.15, 0.2) is 11.4 Å². The van der Waals surface area contributed by atoms with Crippen molar-refractivity contribution in [1.82, 2.24) is 15.0 Å². The van der Waals surface area contributed by atoms with E-state index in [1.165, 1.54) is 14.8 Å². The van der Waals surface area contributed by atoms with Gasteiger partial charge in [0.1, 0.15) is 11.1 Å². The molecule has 0 N–H and O–H groups in total. The maximum absolute atomic E-state index is 6.54. The Bertz CT molecular complexity index is 2670.